The number of hydrogen-bond donors (Lipinski definition) is 0. The summed E-state index contributed by atoms with van der Waals surface area (Å²) >= 11 is 0. The molecular formula is C33H50N2O3. The van der Waals surface area contributed by atoms with Gasteiger partial charge in [-0.1, -0.05) is 82.1 Å². The van der Waals surface area contributed by atoms with Crippen LogP contribution in [0.3, 0.4) is 0 Å². The molecule has 0 bridgehead atoms. The highest BCUT2D eigenvalue weighted by molar-refractivity contribution is 5.75. The minimum absolute atomic E-state index is 0.289. The third-order valence-corrected chi connectivity index (χ3v) is 5.89. The number of unbranched alkanes of at least 4 members (excludes halogenated alkanes) is 2. The van der Waals surface area contributed by atoms with Gasteiger partial charge in [-0.15, -0.1) is 0 Å². The maximum absolute atomic E-state index is 10.0. The van der Waals surface area contributed by atoms with Crippen LogP contribution in [0.25, 0.3) is 5.57 Å². The number of ether oxygens (including phenoxy) is 1. The second-order valence-electron chi connectivity index (χ2n) is 9.62. The molecule has 5 nitrogen and oxygen atoms in total. The largest absolute Gasteiger partial charge is 0.493 e. The summed E-state index contributed by atoms with van der Waals surface area (Å²) in [6.45, 7) is 14.9. The second-order valence-corrected chi connectivity index (χ2v) is 9.62. The molecule has 0 N–H and O–H groups in total. The van der Waals surface area contributed by atoms with Crippen molar-refractivity contribution in [3.05, 3.63) is 71.4 Å². The summed E-state index contributed by atoms with van der Waals surface area (Å²) in [5, 5.41) is 4.07. The van der Waals surface area contributed by atoms with Crippen LogP contribution in [0.1, 0.15) is 110 Å². The second kappa shape index (κ2) is 20.1. The Kier molecular flexibility index (Phi) is 17.5. The quantitative estimate of drug-likeness (QED) is 0.194. The van der Waals surface area contributed by atoms with E-state index in [0.29, 0.717) is 11.7 Å². The number of allylic oxidation sites excluding steroid dienone is 6. The van der Waals surface area contributed by atoms with E-state index in [1.54, 1.807) is 6.92 Å². The summed E-state index contributed by atoms with van der Waals surface area (Å²) in [6, 6.07) is 8.16. The van der Waals surface area contributed by atoms with Crippen molar-refractivity contribution >= 4 is 11.4 Å². The Bertz CT molecular complexity index is 1010. The number of Topliss-reactive ketones (excluding diaryl/α,β-unsaturated/α-hetero) is 1. The Labute approximate surface area is 231 Å². The van der Waals surface area contributed by atoms with Crippen LogP contribution >= 0.6 is 0 Å². The van der Waals surface area contributed by atoms with Gasteiger partial charge in [-0.3, -0.25) is 0 Å². The fraction of sp³-hybridized carbons (Fsp3) is 0.545. The van der Waals surface area contributed by atoms with E-state index in [1.165, 1.54) is 36.8 Å². The Morgan fingerprint density at radius 3 is 2.34 bits per heavy atom. The summed E-state index contributed by atoms with van der Waals surface area (Å²) in [5.74, 6) is 3.43. The van der Waals surface area contributed by atoms with E-state index in [2.05, 4.69) is 55.2 Å². The molecule has 1 aliphatic carbocycles. The van der Waals surface area contributed by atoms with Crippen LogP contribution in [-0.2, 0) is 11.2 Å². The first-order chi connectivity index (χ1) is 18.4. The Balaban J connectivity index is 0.000000328. The molecule has 0 amide bonds. The van der Waals surface area contributed by atoms with Gasteiger partial charge in [-0.25, -0.2) is 0 Å². The van der Waals surface area contributed by atoms with Gasteiger partial charge in [0.25, 0.3) is 0 Å². The van der Waals surface area contributed by atoms with Crippen LogP contribution in [0.5, 0.6) is 5.75 Å². The van der Waals surface area contributed by atoms with Crippen molar-refractivity contribution in [2.45, 2.75) is 106 Å². The van der Waals surface area contributed by atoms with E-state index in [4.69, 9.17) is 9.26 Å². The van der Waals surface area contributed by atoms with E-state index in [-0.39, 0.29) is 5.78 Å². The minimum atomic E-state index is 0.289. The molecule has 0 aliphatic heterocycles. The van der Waals surface area contributed by atoms with Crippen LogP contribution in [0.2, 0.25) is 0 Å². The molecular weight excluding hydrogens is 472 g/mol. The Morgan fingerprint density at radius 1 is 1.11 bits per heavy atom. The van der Waals surface area contributed by atoms with E-state index in [0.717, 1.165) is 56.0 Å². The lowest BCUT2D eigenvalue weighted by atomic mass is 10.1. The molecule has 38 heavy (non-hydrogen) atoms. The number of carbonyl (C=O) groups excluding carboxylic acids is 1. The lowest BCUT2D eigenvalue weighted by Gasteiger charge is -2.07. The number of carbonyl (C=O) groups is 1. The van der Waals surface area contributed by atoms with Gasteiger partial charge in [0.1, 0.15) is 11.5 Å². The molecule has 1 aliphatic rings. The van der Waals surface area contributed by atoms with Crippen molar-refractivity contribution in [3.63, 3.8) is 0 Å². The molecule has 0 radical (unpaired) electrons. The van der Waals surface area contributed by atoms with Gasteiger partial charge in [0.05, 0.1) is 6.61 Å². The highest BCUT2D eigenvalue weighted by atomic mass is 16.5. The molecule has 0 unspecified atom stereocenters. The highest BCUT2D eigenvalue weighted by Crippen LogP contribution is 2.38. The zero-order valence-electron chi connectivity index (χ0n) is 24.9. The van der Waals surface area contributed by atoms with Crippen LogP contribution < -0.4 is 4.74 Å². The van der Waals surface area contributed by atoms with Crippen molar-refractivity contribution in [3.8, 4) is 5.75 Å². The monoisotopic (exact) mass is 522 g/mol. The molecule has 1 aromatic heterocycles. The first kappa shape index (κ1) is 33.1. The normalized spacial score (nSPS) is 13.4. The average Bonchev–Trinajstić information content (AvgIpc) is 3.64. The first-order valence-electron chi connectivity index (χ1n) is 14.4. The fourth-order valence-electron chi connectivity index (χ4n) is 3.66. The van der Waals surface area contributed by atoms with Gasteiger partial charge in [0.2, 0.25) is 11.7 Å². The summed E-state index contributed by atoms with van der Waals surface area (Å²) in [4.78, 5) is 14.5. The molecule has 1 fully saturated rings. The number of aryl methyl sites for hydroxylation is 2. The highest BCUT2D eigenvalue weighted by Gasteiger charge is 2.24. The number of ketones is 1. The van der Waals surface area contributed by atoms with Crippen molar-refractivity contribution in [2.24, 2.45) is 5.92 Å². The van der Waals surface area contributed by atoms with Gasteiger partial charge < -0.3 is 14.1 Å². The van der Waals surface area contributed by atoms with Crippen molar-refractivity contribution in [1.82, 2.24) is 10.1 Å². The predicted octanol–water partition coefficient (Wildman–Crippen LogP) is 9.28. The first-order valence-corrected chi connectivity index (χ1v) is 14.4. The maximum atomic E-state index is 10.0. The lowest BCUT2D eigenvalue weighted by Crippen LogP contribution is -1.98. The molecule has 3 rings (SSSR count). The van der Waals surface area contributed by atoms with E-state index in [1.807, 2.05) is 45.0 Å². The lowest BCUT2D eigenvalue weighted by molar-refractivity contribution is -0.117. The summed E-state index contributed by atoms with van der Waals surface area (Å²) in [5.41, 5.74) is 3.68. The Morgan fingerprint density at radius 2 is 1.84 bits per heavy atom. The summed E-state index contributed by atoms with van der Waals surface area (Å²) < 4.78 is 10.8. The minimum Gasteiger partial charge on any atom is -0.493 e. The standard InChI is InChI=1S/C16H22N2O.C12H18O.C5H10O/c1-4-7-13(12-9-10-12)11-14(8-5-2)16-17-15(6-3)19-18-16;1-3-4-7-10-13-12-9-6-5-8-11(12)2;1-3-4-5(2)6/h5,7-8,11-12H,4,6,9-10H2,1-3H3;5-6,8-9H,3-4,7,10H2,1-2H3;3-4H2,1-2H3/b8-5-,13-7-,14-11+;;. The van der Waals surface area contributed by atoms with E-state index < -0.39 is 0 Å². The molecule has 1 heterocycles. The van der Waals surface area contributed by atoms with Gasteiger partial charge in [0, 0.05) is 18.4 Å². The zero-order chi connectivity index (χ0) is 28.2. The van der Waals surface area contributed by atoms with Gasteiger partial charge in [0.15, 0.2) is 0 Å². The molecule has 0 saturated heterocycles. The van der Waals surface area contributed by atoms with E-state index >= 15 is 0 Å². The predicted molar refractivity (Wildman–Crippen MR) is 159 cm³/mol. The van der Waals surface area contributed by atoms with Gasteiger partial charge in [-0.2, -0.15) is 4.98 Å². The molecule has 2 aromatic rings. The molecule has 5 heteroatoms. The van der Waals surface area contributed by atoms with Gasteiger partial charge >= 0.3 is 0 Å². The number of benzene rings is 1. The molecule has 1 aromatic carbocycles. The fourth-order valence-corrected chi connectivity index (χ4v) is 3.66. The van der Waals surface area contributed by atoms with Crippen molar-refractivity contribution < 1.29 is 14.1 Å². The molecule has 0 atom stereocenters. The van der Waals surface area contributed by atoms with Crippen LogP contribution in [0.4, 0.5) is 0 Å². The van der Waals surface area contributed by atoms with Crippen molar-refractivity contribution in [1.29, 1.82) is 0 Å². The molecule has 0 spiro atoms. The summed E-state index contributed by atoms with van der Waals surface area (Å²) in [7, 11) is 0. The average molecular weight is 523 g/mol. The molecule has 1 saturated carbocycles. The number of aromatic nitrogens is 2. The van der Waals surface area contributed by atoms with Crippen LogP contribution in [0.15, 0.2) is 58.7 Å². The number of nitrogens with zero attached hydrogens (tertiary/aromatic N) is 2. The third kappa shape index (κ3) is 14.1. The topological polar surface area (TPSA) is 65.2 Å². The SMILES string of the molecule is CCCC(C)=O.CCCCCOc1ccccc1C.C\C=C/C(=C\C(=C\CC)C1CC1)c1noc(CC)n1. The Hall–Kier alpha value is -2.95. The smallest absolute Gasteiger partial charge is 0.226 e. The number of rotatable bonds is 13. The zero-order valence-corrected chi connectivity index (χ0v) is 24.9. The van der Waals surface area contributed by atoms with Crippen LogP contribution in [0, 0.1) is 12.8 Å². The maximum Gasteiger partial charge on any atom is 0.226 e. The van der Waals surface area contributed by atoms with E-state index in [9.17, 15) is 4.79 Å². The third-order valence-electron chi connectivity index (χ3n) is 5.89. The summed E-state index contributed by atoms with van der Waals surface area (Å²) in [6.07, 6.45) is 18.4. The van der Waals surface area contributed by atoms with Gasteiger partial charge in [-0.05, 0) is 82.1 Å². The number of para-hydroxylation sites is 1. The van der Waals surface area contributed by atoms with Crippen molar-refractivity contribution in [2.75, 3.05) is 6.61 Å². The molecule has 210 valence electrons. The number of hydrogen-bond acceptors (Lipinski definition) is 5. The van der Waals surface area contributed by atoms with Crippen LogP contribution in [-0.4, -0.2) is 22.5 Å².